The molecule has 2 aliphatic heterocycles. The smallest absolute Gasteiger partial charge is 0.236 e. The summed E-state index contributed by atoms with van der Waals surface area (Å²) in [5, 5.41) is 3.33. The normalized spacial score (nSPS) is 23.1. The van der Waals surface area contributed by atoms with Gasteiger partial charge in [0.15, 0.2) is 0 Å². The Labute approximate surface area is 114 Å². The van der Waals surface area contributed by atoms with E-state index >= 15 is 0 Å². The molecule has 2 amide bonds. The highest BCUT2D eigenvalue weighted by molar-refractivity contribution is 5.80. The molecule has 0 aromatic heterocycles. The monoisotopic (exact) mass is 268 g/mol. The summed E-state index contributed by atoms with van der Waals surface area (Å²) < 4.78 is 0. The molecule has 0 unspecified atom stereocenters. The first-order valence-corrected chi connectivity index (χ1v) is 7.17. The third kappa shape index (κ3) is 4.18. The van der Waals surface area contributed by atoms with Crippen LogP contribution in [0.25, 0.3) is 0 Å². The maximum Gasteiger partial charge on any atom is 0.236 e. The molecule has 0 atom stereocenters. The minimum absolute atomic E-state index is 0.0496. The number of nitrogens with one attached hydrogen (secondary N) is 1. The van der Waals surface area contributed by atoms with E-state index in [-0.39, 0.29) is 17.7 Å². The minimum Gasteiger partial charge on any atom is -0.369 e. The topological polar surface area (TPSA) is 78.7 Å². The van der Waals surface area contributed by atoms with Gasteiger partial charge >= 0.3 is 0 Å². The Morgan fingerprint density at radius 2 is 1.84 bits per heavy atom. The maximum atomic E-state index is 12.2. The van der Waals surface area contributed by atoms with Crippen molar-refractivity contribution >= 4 is 11.8 Å². The van der Waals surface area contributed by atoms with Crippen molar-refractivity contribution in [1.29, 1.82) is 0 Å². The van der Waals surface area contributed by atoms with Gasteiger partial charge in [-0.3, -0.25) is 14.5 Å². The molecule has 0 radical (unpaired) electrons. The zero-order valence-electron chi connectivity index (χ0n) is 11.4. The summed E-state index contributed by atoms with van der Waals surface area (Å²) >= 11 is 0. The highest BCUT2D eigenvalue weighted by Crippen LogP contribution is 2.16. The molecule has 2 rings (SSSR count). The van der Waals surface area contributed by atoms with Crippen LogP contribution in [0.4, 0.5) is 0 Å². The Morgan fingerprint density at radius 1 is 1.11 bits per heavy atom. The molecule has 6 heteroatoms. The number of amides is 2. The molecule has 2 heterocycles. The van der Waals surface area contributed by atoms with Gasteiger partial charge in [-0.25, -0.2) is 0 Å². The van der Waals surface area contributed by atoms with E-state index in [4.69, 9.17) is 5.73 Å². The van der Waals surface area contributed by atoms with E-state index in [1.807, 2.05) is 4.90 Å². The molecule has 3 N–H and O–H groups in total. The summed E-state index contributed by atoms with van der Waals surface area (Å²) in [7, 11) is 0. The lowest BCUT2D eigenvalue weighted by atomic mass is 9.96. The number of carbonyl (C=O) groups excluding carboxylic acids is 2. The van der Waals surface area contributed by atoms with Gasteiger partial charge in [0.1, 0.15) is 0 Å². The summed E-state index contributed by atoms with van der Waals surface area (Å²) in [5.74, 6) is -0.0954. The second-order valence-corrected chi connectivity index (χ2v) is 5.44. The standard InChI is InChI=1S/C13H24N4O2/c14-13(19)11-2-7-17(8-3-11)12(18)10-16-6-1-4-15-5-9-16/h11,15H,1-10H2,(H2,14,19). The number of nitrogens with zero attached hydrogens (tertiary/aromatic N) is 2. The van der Waals surface area contributed by atoms with Crippen LogP contribution in [0.1, 0.15) is 19.3 Å². The average Bonchev–Trinajstić information content (AvgIpc) is 2.67. The number of primary amides is 1. The molecular weight excluding hydrogens is 244 g/mol. The SMILES string of the molecule is NC(=O)C1CCN(C(=O)CN2CCCNCC2)CC1. The van der Waals surface area contributed by atoms with Crippen LogP contribution < -0.4 is 11.1 Å². The van der Waals surface area contributed by atoms with Crippen molar-refractivity contribution in [3.05, 3.63) is 0 Å². The van der Waals surface area contributed by atoms with Crippen LogP contribution in [0.5, 0.6) is 0 Å². The first-order valence-electron chi connectivity index (χ1n) is 7.17. The number of piperidine rings is 1. The van der Waals surface area contributed by atoms with Gasteiger partial charge in [-0.05, 0) is 32.4 Å². The van der Waals surface area contributed by atoms with Gasteiger partial charge in [-0.1, -0.05) is 0 Å². The average molecular weight is 268 g/mol. The van der Waals surface area contributed by atoms with Crippen molar-refractivity contribution in [2.75, 3.05) is 45.8 Å². The Bertz CT molecular complexity index is 319. The lowest BCUT2D eigenvalue weighted by Crippen LogP contribution is -2.46. The molecule has 19 heavy (non-hydrogen) atoms. The highest BCUT2D eigenvalue weighted by atomic mass is 16.2. The molecule has 0 spiro atoms. The fourth-order valence-corrected chi connectivity index (χ4v) is 2.76. The van der Waals surface area contributed by atoms with Crippen LogP contribution in [0, 0.1) is 5.92 Å². The molecule has 108 valence electrons. The lowest BCUT2D eigenvalue weighted by Gasteiger charge is -2.32. The minimum atomic E-state index is -0.231. The molecule has 0 aromatic rings. The Morgan fingerprint density at radius 3 is 2.53 bits per heavy atom. The van der Waals surface area contributed by atoms with Gasteiger partial charge < -0.3 is 16.0 Å². The van der Waals surface area contributed by atoms with Crippen molar-refractivity contribution in [3.63, 3.8) is 0 Å². The van der Waals surface area contributed by atoms with Crippen LogP contribution in [-0.2, 0) is 9.59 Å². The van der Waals surface area contributed by atoms with Gasteiger partial charge in [-0.2, -0.15) is 0 Å². The van der Waals surface area contributed by atoms with Gasteiger partial charge in [0.25, 0.3) is 0 Å². The quantitative estimate of drug-likeness (QED) is 0.688. The summed E-state index contributed by atoms with van der Waals surface area (Å²) in [6.07, 6.45) is 2.52. The van der Waals surface area contributed by atoms with Crippen molar-refractivity contribution in [2.24, 2.45) is 11.7 Å². The Kier molecular flexibility index (Phi) is 5.15. The number of rotatable bonds is 3. The van der Waals surface area contributed by atoms with E-state index < -0.39 is 0 Å². The fourth-order valence-electron chi connectivity index (χ4n) is 2.76. The van der Waals surface area contributed by atoms with Crippen molar-refractivity contribution in [3.8, 4) is 0 Å². The van der Waals surface area contributed by atoms with Crippen molar-refractivity contribution < 1.29 is 9.59 Å². The van der Waals surface area contributed by atoms with Crippen molar-refractivity contribution in [2.45, 2.75) is 19.3 Å². The fraction of sp³-hybridized carbons (Fsp3) is 0.846. The van der Waals surface area contributed by atoms with Crippen LogP contribution in [-0.4, -0.2) is 67.4 Å². The first kappa shape index (κ1) is 14.3. The van der Waals surface area contributed by atoms with E-state index in [9.17, 15) is 9.59 Å². The largest absolute Gasteiger partial charge is 0.369 e. The molecule has 0 bridgehead atoms. The van der Waals surface area contributed by atoms with E-state index in [2.05, 4.69) is 10.2 Å². The molecule has 2 saturated heterocycles. The number of carbonyl (C=O) groups is 2. The van der Waals surface area contributed by atoms with E-state index in [0.717, 1.165) is 32.6 Å². The maximum absolute atomic E-state index is 12.2. The van der Waals surface area contributed by atoms with Gasteiger partial charge in [0.05, 0.1) is 6.54 Å². The highest BCUT2D eigenvalue weighted by Gasteiger charge is 2.26. The molecule has 6 nitrogen and oxygen atoms in total. The van der Waals surface area contributed by atoms with E-state index in [1.165, 1.54) is 0 Å². The van der Waals surface area contributed by atoms with Gasteiger partial charge in [0.2, 0.25) is 11.8 Å². The Hall–Kier alpha value is -1.14. The second-order valence-electron chi connectivity index (χ2n) is 5.44. The van der Waals surface area contributed by atoms with E-state index in [1.54, 1.807) is 0 Å². The molecule has 2 fully saturated rings. The summed E-state index contributed by atoms with van der Waals surface area (Å²) in [6, 6.07) is 0. The number of likely N-dealkylation sites (tertiary alicyclic amines) is 1. The third-order valence-corrected chi connectivity index (χ3v) is 4.04. The third-order valence-electron chi connectivity index (χ3n) is 4.04. The molecule has 0 saturated carbocycles. The van der Waals surface area contributed by atoms with E-state index in [0.29, 0.717) is 32.5 Å². The van der Waals surface area contributed by atoms with Crippen molar-refractivity contribution in [1.82, 2.24) is 15.1 Å². The molecular formula is C13H24N4O2. The van der Waals surface area contributed by atoms with Crippen LogP contribution >= 0.6 is 0 Å². The zero-order chi connectivity index (χ0) is 13.7. The molecule has 0 aromatic carbocycles. The zero-order valence-corrected chi connectivity index (χ0v) is 11.4. The van der Waals surface area contributed by atoms with Crippen LogP contribution in [0.2, 0.25) is 0 Å². The number of hydrogen-bond acceptors (Lipinski definition) is 4. The number of hydrogen-bond donors (Lipinski definition) is 2. The summed E-state index contributed by atoms with van der Waals surface area (Å²) in [5.41, 5.74) is 5.30. The predicted octanol–water partition coefficient (Wildman–Crippen LogP) is -0.994. The number of nitrogens with two attached hydrogens (primary N) is 1. The Balaban J connectivity index is 1.76. The second kappa shape index (κ2) is 6.86. The van der Waals surface area contributed by atoms with Crippen LogP contribution in [0.3, 0.4) is 0 Å². The molecule has 0 aliphatic carbocycles. The first-order chi connectivity index (χ1) is 9.16. The summed E-state index contributed by atoms with van der Waals surface area (Å²) in [6.45, 7) is 5.74. The lowest BCUT2D eigenvalue weighted by molar-refractivity contribution is -0.135. The molecule has 2 aliphatic rings. The predicted molar refractivity (Wildman–Crippen MR) is 72.4 cm³/mol. The van der Waals surface area contributed by atoms with Crippen LogP contribution in [0.15, 0.2) is 0 Å². The van der Waals surface area contributed by atoms with Gasteiger partial charge in [0, 0.05) is 32.1 Å². The summed E-state index contributed by atoms with van der Waals surface area (Å²) in [4.78, 5) is 27.4. The van der Waals surface area contributed by atoms with Gasteiger partial charge in [-0.15, -0.1) is 0 Å².